The minimum atomic E-state index is -0.0424. The van der Waals surface area contributed by atoms with E-state index >= 15 is 0 Å². The Morgan fingerprint density at radius 2 is 1.64 bits per heavy atom. The number of fused-ring (bicyclic) bond motifs is 4. The van der Waals surface area contributed by atoms with Crippen LogP contribution in [0.1, 0.15) is 25.0 Å². The molecule has 5 rings (SSSR count). The predicted molar refractivity (Wildman–Crippen MR) is 105 cm³/mol. The monoisotopic (exact) mass is 389 g/mol. The van der Waals surface area contributed by atoms with Gasteiger partial charge in [0.2, 0.25) is 5.89 Å². The van der Waals surface area contributed by atoms with E-state index in [1.165, 1.54) is 22.3 Å². The zero-order valence-electron chi connectivity index (χ0n) is 14.0. The molecule has 0 atom stereocenters. The van der Waals surface area contributed by atoms with Gasteiger partial charge in [-0.05, 0) is 58.7 Å². The van der Waals surface area contributed by atoms with Crippen molar-refractivity contribution in [2.24, 2.45) is 0 Å². The van der Waals surface area contributed by atoms with E-state index in [0.717, 1.165) is 21.1 Å². The molecular formula is C22H16BrNO. The lowest BCUT2D eigenvalue weighted by atomic mass is 9.82. The minimum absolute atomic E-state index is 0.0424. The van der Waals surface area contributed by atoms with Gasteiger partial charge in [-0.3, -0.25) is 0 Å². The second kappa shape index (κ2) is 5.06. The maximum atomic E-state index is 6.07. The van der Waals surface area contributed by atoms with Crippen molar-refractivity contribution in [1.82, 2.24) is 4.98 Å². The number of oxazole rings is 1. The van der Waals surface area contributed by atoms with Gasteiger partial charge in [-0.25, -0.2) is 4.98 Å². The number of hydrogen-bond donors (Lipinski definition) is 0. The van der Waals surface area contributed by atoms with Crippen LogP contribution in [0, 0.1) is 0 Å². The Balaban J connectivity index is 1.77. The number of benzene rings is 3. The first-order valence-corrected chi connectivity index (χ1v) is 9.14. The van der Waals surface area contributed by atoms with Crippen LogP contribution in [0.2, 0.25) is 0 Å². The molecule has 3 aromatic carbocycles. The minimum Gasteiger partial charge on any atom is -0.436 e. The summed E-state index contributed by atoms with van der Waals surface area (Å²) < 4.78 is 7.17. The van der Waals surface area contributed by atoms with Gasteiger partial charge in [-0.15, -0.1) is 0 Å². The van der Waals surface area contributed by atoms with Crippen LogP contribution in [-0.2, 0) is 5.41 Å². The molecule has 0 unspecified atom stereocenters. The van der Waals surface area contributed by atoms with Gasteiger partial charge in [0.15, 0.2) is 5.58 Å². The fraction of sp³-hybridized carbons (Fsp3) is 0.136. The zero-order valence-corrected chi connectivity index (χ0v) is 15.6. The first kappa shape index (κ1) is 14.9. The summed E-state index contributed by atoms with van der Waals surface area (Å²) >= 11 is 3.60. The molecule has 0 aliphatic heterocycles. The van der Waals surface area contributed by atoms with Crippen molar-refractivity contribution in [2.45, 2.75) is 19.3 Å². The summed E-state index contributed by atoms with van der Waals surface area (Å²) in [4.78, 5) is 4.73. The van der Waals surface area contributed by atoms with Crippen molar-refractivity contribution in [3.8, 4) is 22.6 Å². The van der Waals surface area contributed by atoms with Gasteiger partial charge < -0.3 is 4.42 Å². The standard InChI is InChI=1S/C22H16BrNO/c1-22(2)17-9-8-14(23)10-15(17)16-11-19-20(12-18(16)22)25-21(24-19)13-6-4-3-5-7-13/h3-12H,1-2H3. The largest absolute Gasteiger partial charge is 0.436 e. The summed E-state index contributed by atoms with van der Waals surface area (Å²) in [5.41, 5.74) is 7.88. The van der Waals surface area contributed by atoms with Crippen molar-refractivity contribution in [2.75, 3.05) is 0 Å². The highest BCUT2D eigenvalue weighted by Gasteiger charge is 2.36. The lowest BCUT2D eigenvalue weighted by molar-refractivity contribution is 0.614. The molecule has 0 saturated heterocycles. The SMILES string of the molecule is CC1(C)c2ccc(Br)cc2-c2cc3nc(-c4ccccc4)oc3cc21. The van der Waals surface area contributed by atoms with Crippen LogP contribution in [0.4, 0.5) is 0 Å². The van der Waals surface area contributed by atoms with Gasteiger partial charge in [0.25, 0.3) is 0 Å². The van der Waals surface area contributed by atoms with Crippen molar-refractivity contribution in [3.05, 3.63) is 76.3 Å². The average molecular weight is 390 g/mol. The number of nitrogens with zero attached hydrogens (tertiary/aromatic N) is 1. The Morgan fingerprint density at radius 3 is 2.44 bits per heavy atom. The molecule has 3 heteroatoms. The molecular weight excluding hydrogens is 374 g/mol. The molecule has 0 bridgehead atoms. The molecule has 4 aromatic rings. The number of aromatic nitrogens is 1. The van der Waals surface area contributed by atoms with E-state index in [2.05, 4.69) is 60.1 Å². The molecule has 2 nitrogen and oxygen atoms in total. The number of hydrogen-bond acceptors (Lipinski definition) is 2. The van der Waals surface area contributed by atoms with E-state index < -0.39 is 0 Å². The quantitative estimate of drug-likeness (QED) is 0.368. The molecule has 122 valence electrons. The van der Waals surface area contributed by atoms with Crippen LogP contribution in [0.3, 0.4) is 0 Å². The van der Waals surface area contributed by atoms with E-state index in [1.807, 2.05) is 30.3 Å². The van der Waals surface area contributed by atoms with Gasteiger partial charge in [0.05, 0.1) is 0 Å². The van der Waals surface area contributed by atoms with Gasteiger partial charge in [0.1, 0.15) is 5.52 Å². The molecule has 0 fully saturated rings. The molecule has 0 saturated carbocycles. The Morgan fingerprint density at radius 1 is 0.880 bits per heavy atom. The van der Waals surface area contributed by atoms with Crippen LogP contribution in [0.5, 0.6) is 0 Å². The third-order valence-electron chi connectivity index (χ3n) is 5.17. The lowest BCUT2D eigenvalue weighted by Gasteiger charge is -2.21. The van der Waals surface area contributed by atoms with E-state index in [-0.39, 0.29) is 5.41 Å². The van der Waals surface area contributed by atoms with Crippen molar-refractivity contribution in [3.63, 3.8) is 0 Å². The highest BCUT2D eigenvalue weighted by atomic mass is 79.9. The highest BCUT2D eigenvalue weighted by molar-refractivity contribution is 9.10. The van der Waals surface area contributed by atoms with Gasteiger partial charge in [-0.1, -0.05) is 54.0 Å². The van der Waals surface area contributed by atoms with Crippen LogP contribution >= 0.6 is 15.9 Å². The fourth-order valence-electron chi connectivity index (χ4n) is 3.85. The van der Waals surface area contributed by atoms with Crippen LogP contribution in [-0.4, -0.2) is 4.98 Å². The maximum absolute atomic E-state index is 6.07. The normalized spacial score (nSPS) is 14.5. The first-order valence-electron chi connectivity index (χ1n) is 8.35. The zero-order chi connectivity index (χ0) is 17.2. The van der Waals surface area contributed by atoms with E-state index in [1.54, 1.807) is 0 Å². The third-order valence-corrected chi connectivity index (χ3v) is 5.66. The third kappa shape index (κ3) is 2.12. The maximum Gasteiger partial charge on any atom is 0.227 e. The van der Waals surface area contributed by atoms with Crippen LogP contribution in [0.15, 0.2) is 69.6 Å². The summed E-state index contributed by atoms with van der Waals surface area (Å²) in [7, 11) is 0. The summed E-state index contributed by atoms with van der Waals surface area (Å²) in [5.74, 6) is 0.673. The summed E-state index contributed by atoms with van der Waals surface area (Å²) in [6.07, 6.45) is 0. The Hall–Kier alpha value is -2.39. The molecule has 0 N–H and O–H groups in total. The number of halogens is 1. The average Bonchev–Trinajstić information content (AvgIpc) is 3.12. The van der Waals surface area contributed by atoms with Gasteiger partial charge >= 0.3 is 0 Å². The Kier molecular flexibility index (Phi) is 3.02. The smallest absolute Gasteiger partial charge is 0.227 e. The van der Waals surface area contributed by atoms with Crippen LogP contribution < -0.4 is 0 Å². The van der Waals surface area contributed by atoms with Crippen molar-refractivity contribution in [1.29, 1.82) is 0 Å². The summed E-state index contributed by atoms with van der Waals surface area (Å²) in [5, 5.41) is 0. The van der Waals surface area contributed by atoms with E-state index in [4.69, 9.17) is 9.40 Å². The molecule has 0 amide bonds. The molecule has 1 aromatic heterocycles. The van der Waals surface area contributed by atoms with E-state index in [9.17, 15) is 0 Å². The first-order chi connectivity index (χ1) is 12.0. The van der Waals surface area contributed by atoms with Crippen molar-refractivity contribution < 1.29 is 4.42 Å². The van der Waals surface area contributed by atoms with Gasteiger partial charge in [0, 0.05) is 15.5 Å². The summed E-state index contributed by atoms with van der Waals surface area (Å²) in [6, 6.07) is 20.9. The molecule has 1 aliphatic rings. The van der Waals surface area contributed by atoms with E-state index in [0.29, 0.717) is 5.89 Å². The predicted octanol–water partition coefficient (Wildman–Crippen LogP) is 6.56. The number of rotatable bonds is 1. The molecule has 1 heterocycles. The topological polar surface area (TPSA) is 26.0 Å². The van der Waals surface area contributed by atoms with Crippen LogP contribution in [0.25, 0.3) is 33.7 Å². The Bertz CT molecular complexity index is 1130. The highest BCUT2D eigenvalue weighted by Crippen LogP contribution is 2.50. The molecule has 1 aliphatic carbocycles. The summed E-state index contributed by atoms with van der Waals surface area (Å²) in [6.45, 7) is 4.54. The fourth-order valence-corrected chi connectivity index (χ4v) is 4.21. The molecule has 0 spiro atoms. The molecule has 25 heavy (non-hydrogen) atoms. The molecule has 0 radical (unpaired) electrons. The Labute approximate surface area is 154 Å². The lowest BCUT2D eigenvalue weighted by Crippen LogP contribution is -2.14. The van der Waals surface area contributed by atoms with Crippen molar-refractivity contribution >= 4 is 27.0 Å². The van der Waals surface area contributed by atoms with Gasteiger partial charge in [-0.2, -0.15) is 0 Å². The second-order valence-corrected chi connectivity index (χ2v) is 7.98. The second-order valence-electron chi connectivity index (χ2n) is 7.07.